The third-order valence-corrected chi connectivity index (χ3v) is 4.87. The molecular weight excluding hydrogens is 354 g/mol. The first-order chi connectivity index (χ1) is 11.2. The largest absolute Gasteiger partial charge is 0.493 e. The molecular formula is C16H16ClNO5S. The Labute approximate surface area is 145 Å². The van der Waals surface area contributed by atoms with Gasteiger partial charge in [-0.2, -0.15) is 0 Å². The highest BCUT2D eigenvalue weighted by Gasteiger charge is 2.20. The Morgan fingerprint density at radius 1 is 1.25 bits per heavy atom. The van der Waals surface area contributed by atoms with Crippen molar-refractivity contribution in [3.05, 3.63) is 52.5 Å². The number of benzene rings is 2. The summed E-state index contributed by atoms with van der Waals surface area (Å²) in [6, 6.07) is 8.72. The minimum atomic E-state index is -3.85. The van der Waals surface area contributed by atoms with E-state index in [4.69, 9.17) is 21.4 Å². The molecule has 0 saturated heterocycles. The van der Waals surface area contributed by atoms with Gasteiger partial charge in [0.2, 0.25) is 0 Å². The van der Waals surface area contributed by atoms with Crippen LogP contribution in [0.4, 0.5) is 5.69 Å². The normalized spacial score (nSPS) is 11.1. The van der Waals surface area contributed by atoms with Gasteiger partial charge in [-0.25, -0.2) is 13.2 Å². The van der Waals surface area contributed by atoms with Crippen molar-refractivity contribution in [2.75, 3.05) is 11.3 Å². The maximum Gasteiger partial charge on any atom is 0.339 e. The van der Waals surface area contributed by atoms with Gasteiger partial charge in [0.15, 0.2) is 0 Å². The standard InChI is InChI=1S/C16H16ClNO5S/c1-3-23-15-9-14(13(17)8-12(15)16(19)20)18-24(21,22)11-6-4-10(2)5-7-11/h4-9,18H,3H2,1-2H3,(H,19,20). The molecule has 0 amide bonds. The van der Waals surface area contributed by atoms with Gasteiger partial charge in [-0.1, -0.05) is 29.3 Å². The van der Waals surface area contributed by atoms with Gasteiger partial charge in [-0.15, -0.1) is 0 Å². The zero-order valence-electron chi connectivity index (χ0n) is 13.0. The Balaban J connectivity index is 2.43. The van der Waals surface area contributed by atoms with Crippen LogP contribution >= 0.6 is 11.6 Å². The number of aromatic carboxylic acids is 1. The lowest BCUT2D eigenvalue weighted by Crippen LogP contribution is -2.14. The minimum Gasteiger partial charge on any atom is -0.493 e. The summed E-state index contributed by atoms with van der Waals surface area (Å²) in [6.45, 7) is 3.77. The van der Waals surface area contributed by atoms with Crippen LogP contribution in [-0.4, -0.2) is 26.1 Å². The van der Waals surface area contributed by atoms with Crippen LogP contribution in [0.15, 0.2) is 41.3 Å². The van der Waals surface area contributed by atoms with Gasteiger partial charge >= 0.3 is 5.97 Å². The number of aryl methyl sites for hydroxylation is 1. The van der Waals surface area contributed by atoms with Crippen LogP contribution in [0.1, 0.15) is 22.8 Å². The molecule has 24 heavy (non-hydrogen) atoms. The zero-order chi connectivity index (χ0) is 17.9. The van der Waals surface area contributed by atoms with Crippen molar-refractivity contribution in [3.63, 3.8) is 0 Å². The quantitative estimate of drug-likeness (QED) is 0.812. The molecule has 2 aromatic rings. The summed E-state index contributed by atoms with van der Waals surface area (Å²) in [5, 5.41) is 9.13. The third-order valence-electron chi connectivity index (χ3n) is 3.18. The van der Waals surface area contributed by atoms with Gasteiger partial charge < -0.3 is 9.84 Å². The lowest BCUT2D eigenvalue weighted by Gasteiger charge is -2.14. The van der Waals surface area contributed by atoms with Gasteiger partial charge in [0.1, 0.15) is 11.3 Å². The predicted molar refractivity (Wildman–Crippen MR) is 91.6 cm³/mol. The van der Waals surface area contributed by atoms with Crippen molar-refractivity contribution in [3.8, 4) is 5.75 Å². The second-order valence-electron chi connectivity index (χ2n) is 4.98. The highest BCUT2D eigenvalue weighted by Crippen LogP contribution is 2.32. The van der Waals surface area contributed by atoms with Crippen LogP contribution < -0.4 is 9.46 Å². The van der Waals surface area contributed by atoms with E-state index in [-0.39, 0.29) is 33.5 Å². The average molecular weight is 370 g/mol. The Morgan fingerprint density at radius 3 is 2.42 bits per heavy atom. The molecule has 0 atom stereocenters. The van der Waals surface area contributed by atoms with Crippen molar-refractivity contribution >= 4 is 33.3 Å². The van der Waals surface area contributed by atoms with Gasteiger partial charge in [-0.05, 0) is 32.0 Å². The molecule has 8 heteroatoms. The van der Waals surface area contributed by atoms with Crippen molar-refractivity contribution in [1.82, 2.24) is 0 Å². The first-order valence-electron chi connectivity index (χ1n) is 7.03. The highest BCUT2D eigenvalue weighted by molar-refractivity contribution is 7.92. The third kappa shape index (κ3) is 3.98. The fourth-order valence-corrected chi connectivity index (χ4v) is 3.33. The number of hydrogen-bond donors (Lipinski definition) is 2. The first kappa shape index (κ1) is 18.1. The van der Waals surface area contributed by atoms with E-state index in [2.05, 4.69) is 4.72 Å². The molecule has 0 bridgehead atoms. The number of ether oxygens (including phenoxy) is 1. The van der Waals surface area contributed by atoms with Crippen LogP contribution in [0.3, 0.4) is 0 Å². The molecule has 2 aromatic carbocycles. The smallest absolute Gasteiger partial charge is 0.339 e. The Morgan fingerprint density at radius 2 is 1.88 bits per heavy atom. The number of carboxylic acids is 1. The summed E-state index contributed by atoms with van der Waals surface area (Å²) in [5.74, 6) is -1.18. The average Bonchev–Trinajstić information content (AvgIpc) is 2.50. The summed E-state index contributed by atoms with van der Waals surface area (Å²) in [6.07, 6.45) is 0. The number of sulfonamides is 1. The Bertz CT molecular complexity index is 863. The zero-order valence-corrected chi connectivity index (χ0v) is 14.6. The molecule has 0 fully saturated rings. The van der Waals surface area contributed by atoms with E-state index in [1.807, 2.05) is 6.92 Å². The van der Waals surface area contributed by atoms with Crippen LogP contribution in [0, 0.1) is 6.92 Å². The van der Waals surface area contributed by atoms with Crippen LogP contribution in [0.5, 0.6) is 5.75 Å². The van der Waals surface area contributed by atoms with E-state index >= 15 is 0 Å². The predicted octanol–water partition coefficient (Wildman–Crippen LogP) is 3.55. The SMILES string of the molecule is CCOc1cc(NS(=O)(=O)c2ccc(C)cc2)c(Cl)cc1C(=O)O. The fourth-order valence-electron chi connectivity index (χ4n) is 1.99. The number of nitrogens with one attached hydrogen (secondary N) is 1. The van der Waals surface area contributed by atoms with Gasteiger partial charge in [-0.3, -0.25) is 4.72 Å². The van der Waals surface area contributed by atoms with E-state index in [0.717, 1.165) is 11.6 Å². The second kappa shape index (κ2) is 7.11. The topological polar surface area (TPSA) is 92.7 Å². The summed E-state index contributed by atoms with van der Waals surface area (Å²) in [7, 11) is -3.85. The molecule has 0 aliphatic rings. The van der Waals surface area contributed by atoms with E-state index in [9.17, 15) is 13.2 Å². The lowest BCUT2D eigenvalue weighted by atomic mass is 10.2. The van der Waals surface area contributed by atoms with E-state index in [0.29, 0.717) is 0 Å². The van der Waals surface area contributed by atoms with Gasteiger partial charge in [0.25, 0.3) is 10.0 Å². The molecule has 0 saturated carbocycles. The van der Waals surface area contributed by atoms with Crippen molar-refractivity contribution in [2.45, 2.75) is 18.7 Å². The molecule has 0 heterocycles. The van der Waals surface area contributed by atoms with Gasteiger partial charge in [0, 0.05) is 6.07 Å². The van der Waals surface area contributed by atoms with E-state index in [1.54, 1.807) is 19.1 Å². The highest BCUT2D eigenvalue weighted by atomic mass is 35.5. The Kier molecular flexibility index (Phi) is 5.36. The first-order valence-corrected chi connectivity index (χ1v) is 8.90. The molecule has 0 aliphatic carbocycles. The minimum absolute atomic E-state index is 0.0356. The van der Waals surface area contributed by atoms with E-state index in [1.165, 1.54) is 18.2 Å². The number of rotatable bonds is 6. The fraction of sp³-hybridized carbons (Fsp3) is 0.188. The van der Waals surface area contributed by atoms with Crippen LogP contribution in [0.2, 0.25) is 5.02 Å². The van der Waals surface area contributed by atoms with Gasteiger partial charge in [0.05, 0.1) is 22.2 Å². The maximum atomic E-state index is 12.4. The molecule has 128 valence electrons. The number of hydrogen-bond acceptors (Lipinski definition) is 4. The maximum absolute atomic E-state index is 12.4. The monoisotopic (exact) mass is 369 g/mol. The summed E-state index contributed by atoms with van der Waals surface area (Å²) < 4.78 is 32.5. The molecule has 2 rings (SSSR count). The molecule has 0 aromatic heterocycles. The molecule has 0 spiro atoms. The van der Waals surface area contributed by atoms with Crippen LogP contribution in [0.25, 0.3) is 0 Å². The lowest BCUT2D eigenvalue weighted by molar-refractivity contribution is 0.0692. The molecule has 2 N–H and O–H groups in total. The molecule has 0 radical (unpaired) electrons. The summed E-state index contributed by atoms with van der Waals surface area (Å²) in [5.41, 5.74) is 0.835. The number of halogens is 1. The summed E-state index contributed by atoms with van der Waals surface area (Å²) >= 11 is 6.02. The molecule has 6 nitrogen and oxygen atoms in total. The second-order valence-corrected chi connectivity index (χ2v) is 7.07. The molecule has 0 unspecified atom stereocenters. The van der Waals surface area contributed by atoms with Crippen molar-refractivity contribution in [2.24, 2.45) is 0 Å². The Hall–Kier alpha value is -2.25. The molecule has 0 aliphatic heterocycles. The number of carbonyl (C=O) groups is 1. The summed E-state index contributed by atoms with van der Waals surface area (Å²) in [4.78, 5) is 11.3. The van der Waals surface area contributed by atoms with Crippen molar-refractivity contribution < 1.29 is 23.1 Å². The van der Waals surface area contributed by atoms with E-state index < -0.39 is 16.0 Å². The number of carboxylic acid groups (broad SMARTS) is 1. The van der Waals surface area contributed by atoms with Crippen molar-refractivity contribution in [1.29, 1.82) is 0 Å². The number of anilines is 1. The van der Waals surface area contributed by atoms with Crippen LogP contribution in [-0.2, 0) is 10.0 Å².